The summed E-state index contributed by atoms with van der Waals surface area (Å²) in [6.45, 7) is 9.39. The third-order valence-corrected chi connectivity index (χ3v) is 1.86. The van der Waals surface area contributed by atoms with Crippen molar-refractivity contribution in [3.8, 4) is 0 Å². The summed E-state index contributed by atoms with van der Waals surface area (Å²) >= 11 is 0. The van der Waals surface area contributed by atoms with E-state index in [0.717, 1.165) is 38.9 Å². The lowest BCUT2D eigenvalue weighted by molar-refractivity contribution is -0.145. The molecule has 0 bridgehead atoms. The normalized spacial score (nSPS) is 11.4. The van der Waals surface area contributed by atoms with Gasteiger partial charge in [-0.25, -0.2) is 0 Å². The highest BCUT2D eigenvalue weighted by Gasteiger charge is 2.06. The summed E-state index contributed by atoms with van der Waals surface area (Å²) < 4.78 is 11.2. The molecule has 0 aliphatic heterocycles. The molecule has 0 aliphatic rings. The molecule has 0 radical (unpaired) electrons. The smallest absolute Gasteiger partial charge is 0.157 e. The van der Waals surface area contributed by atoms with E-state index in [1.807, 2.05) is 6.08 Å². The van der Waals surface area contributed by atoms with Gasteiger partial charge in [0.1, 0.15) is 0 Å². The van der Waals surface area contributed by atoms with Crippen LogP contribution in [0.4, 0.5) is 0 Å². The number of rotatable bonds is 10. The number of hydrogen-bond acceptors (Lipinski definition) is 2. The zero-order valence-electron chi connectivity index (χ0n) is 10.1. The summed E-state index contributed by atoms with van der Waals surface area (Å²) in [5, 5.41) is 0. The molecule has 2 heteroatoms. The second kappa shape index (κ2) is 11.5. The third kappa shape index (κ3) is 9.70. The highest BCUT2D eigenvalue weighted by molar-refractivity contribution is 4.96. The molecule has 0 fully saturated rings. The van der Waals surface area contributed by atoms with Gasteiger partial charge in [0.25, 0.3) is 0 Å². The average molecular weight is 212 g/mol. The van der Waals surface area contributed by atoms with Gasteiger partial charge in [-0.3, -0.25) is 0 Å². The van der Waals surface area contributed by atoms with E-state index in [2.05, 4.69) is 26.5 Å². The van der Waals surface area contributed by atoms with Gasteiger partial charge in [0.15, 0.2) is 6.29 Å². The number of allylic oxidation sites excluding steroid dienone is 3. The van der Waals surface area contributed by atoms with E-state index in [-0.39, 0.29) is 6.29 Å². The van der Waals surface area contributed by atoms with Crippen molar-refractivity contribution in [3.05, 3.63) is 24.8 Å². The van der Waals surface area contributed by atoms with Crippen molar-refractivity contribution in [1.29, 1.82) is 0 Å². The fraction of sp³-hybridized carbons (Fsp3) is 0.692. The van der Waals surface area contributed by atoms with Gasteiger partial charge in [-0.05, 0) is 19.3 Å². The Morgan fingerprint density at radius 3 is 2.20 bits per heavy atom. The van der Waals surface area contributed by atoms with E-state index in [9.17, 15) is 0 Å². The van der Waals surface area contributed by atoms with Gasteiger partial charge < -0.3 is 9.47 Å². The molecule has 15 heavy (non-hydrogen) atoms. The van der Waals surface area contributed by atoms with Crippen LogP contribution in [0.2, 0.25) is 0 Å². The third-order valence-electron chi connectivity index (χ3n) is 1.86. The highest BCUT2D eigenvalue weighted by Crippen LogP contribution is 2.06. The lowest BCUT2D eigenvalue weighted by Crippen LogP contribution is -2.18. The Bertz CT molecular complexity index is 156. The Kier molecular flexibility index (Phi) is 11.0. The predicted octanol–water partition coefficient (Wildman–Crippen LogP) is 3.69. The van der Waals surface area contributed by atoms with Gasteiger partial charge >= 0.3 is 0 Å². The molecular weight excluding hydrogens is 188 g/mol. The molecule has 0 aromatic rings. The molecule has 0 heterocycles. The number of ether oxygens (including phenoxy) is 2. The fourth-order valence-electron chi connectivity index (χ4n) is 1.14. The molecule has 0 saturated carbocycles. The van der Waals surface area contributed by atoms with Crippen molar-refractivity contribution < 1.29 is 9.47 Å². The van der Waals surface area contributed by atoms with Gasteiger partial charge in [0.05, 0.1) is 0 Å². The van der Waals surface area contributed by atoms with Gasteiger partial charge in [-0.2, -0.15) is 0 Å². The lowest BCUT2D eigenvalue weighted by Gasteiger charge is -2.17. The van der Waals surface area contributed by atoms with Crippen LogP contribution in [-0.2, 0) is 9.47 Å². The van der Waals surface area contributed by atoms with Crippen LogP contribution in [0.5, 0.6) is 0 Å². The summed E-state index contributed by atoms with van der Waals surface area (Å²) in [4.78, 5) is 0. The van der Waals surface area contributed by atoms with Crippen molar-refractivity contribution >= 4 is 0 Å². The topological polar surface area (TPSA) is 18.5 Å². The first kappa shape index (κ1) is 14.4. The summed E-state index contributed by atoms with van der Waals surface area (Å²) in [6.07, 6.45) is 9.76. The minimum atomic E-state index is -0.0423. The molecule has 0 N–H and O–H groups in total. The SMILES string of the molecule is C=C/C=C/CCC(OCCC)OCCC. The molecule has 0 rings (SSSR count). The molecular formula is C13H24O2. The Morgan fingerprint density at radius 1 is 1.13 bits per heavy atom. The maximum atomic E-state index is 5.59. The Balaban J connectivity index is 3.67. The maximum Gasteiger partial charge on any atom is 0.157 e. The fourth-order valence-corrected chi connectivity index (χ4v) is 1.14. The largest absolute Gasteiger partial charge is 0.353 e. The van der Waals surface area contributed by atoms with Crippen molar-refractivity contribution in [2.75, 3.05) is 13.2 Å². The predicted molar refractivity (Wildman–Crippen MR) is 64.8 cm³/mol. The van der Waals surface area contributed by atoms with Crippen molar-refractivity contribution in [2.45, 2.75) is 45.8 Å². The van der Waals surface area contributed by atoms with E-state index >= 15 is 0 Å². The summed E-state index contributed by atoms with van der Waals surface area (Å²) in [7, 11) is 0. The van der Waals surface area contributed by atoms with Crippen LogP contribution in [0, 0.1) is 0 Å². The summed E-state index contributed by atoms with van der Waals surface area (Å²) in [6, 6.07) is 0. The first-order chi connectivity index (χ1) is 7.35. The van der Waals surface area contributed by atoms with E-state index in [1.165, 1.54) is 0 Å². The zero-order valence-corrected chi connectivity index (χ0v) is 10.1. The summed E-state index contributed by atoms with van der Waals surface area (Å²) in [5.41, 5.74) is 0. The standard InChI is InChI=1S/C13H24O2/c1-4-7-8-9-10-13(14-11-5-2)15-12-6-3/h4,7-8,13H,1,5-6,9-12H2,2-3H3/b8-7+. The van der Waals surface area contributed by atoms with Crippen LogP contribution in [0.1, 0.15) is 39.5 Å². The Morgan fingerprint density at radius 2 is 1.73 bits per heavy atom. The van der Waals surface area contributed by atoms with Crippen LogP contribution in [0.25, 0.3) is 0 Å². The average Bonchev–Trinajstić information content (AvgIpc) is 2.27. The quantitative estimate of drug-likeness (QED) is 0.406. The van der Waals surface area contributed by atoms with Gasteiger partial charge in [-0.1, -0.05) is 38.7 Å². The van der Waals surface area contributed by atoms with Gasteiger partial charge in [0.2, 0.25) is 0 Å². The first-order valence-corrected chi connectivity index (χ1v) is 5.85. The van der Waals surface area contributed by atoms with Crippen LogP contribution in [-0.4, -0.2) is 19.5 Å². The monoisotopic (exact) mass is 212 g/mol. The zero-order chi connectivity index (χ0) is 11.4. The van der Waals surface area contributed by atoms with E-state index < -0.39 is 0 Å². The number of hydrogen-bond donors (Lipinski definition) is 0. The Hall–Kier alpha value is -0.600. The van der Waals surface area contributed by atoms with Crippen LogP contribution < -0.4 is 0 Å². The first-order valence-electron chi connectivity index (χ1n) is 5.85. The van der Waals surface area contributed by atoms with E-state index in [1.54, 1.807) is 6.08 Å². The van der Waals surface area contributed by atoms with Crippen LogP contribution >= 0.6 is 0 Å². The Labute approximate surface area is 94.0 Å². The molecule has 0 aliphatic carbocycles. The van der Waals surface area contributed by atoms with Crippen molar-refractivity contribution in [1.82, 2.24) is 0 Å². The van der Waals surface area contributed by atoms with Gasteiger partial charge in [-0.15, -0.1) is 0 Å². The molecule has 0 atom stereocenters. The second-order valence-electron chi connectivity index (χ2n) is 3.41. The van der Waals surface area contributed by atoms with Crippen LogP contribution in [0.15, 0.2) is 24.8 Å². The molecule has 88 valence electrons. The van der Waals surface area contributed by atoms with Crippen LogP contribution in [0.3, 0.4) is 0 Å². The molecule has 0 amide bonds. The van der Waals surface area contributed by atoms with Crippen molar-refractivity contribution in [2.24, 2.45) is 0 Å². The molecule has 0 spiro atoms. The van der Waals surface area contributed by atoms with E-state index in [4.69, 9.17) is 9.47 Å². The molecule has 2 nitrogen and oxygen atoms in total. The minimum absolute atomic E-state index is 0.0423. The van der Waals surface area contributed by atoms with Gasteiger partial charge in [0, 0.05) is 19.6 Å². The second-order valence-corrected chi connectivity index (χ2v) is 3.41. The minimum Gasteiger partial charge on any atom is -0.353 e. The lowest BCUT2D eigenvalue weighted by atomic mass is 10.3. The highest BCUT2D eigenvalue weighted by atomic mass is 16.7. The summed E-state index contributed by atoms with van der Waals surface area (Å²) in [5.74, 6) is 0. The molecule has 0 saturated heterocycles. The van der Waals surface area contributed by atoms with Crippen molar-refractivity contribution in [3.63, 3.8) is 0 Å². The maximum absolute atomic E-state index is 5.59. The van der Waals surface area contributed by atoms with E-state index in [0.29, 0.717) is 0 Å². The molecule has 0 aromatic carbocycles. The molecule has 0 aromatic heterocycles. The molecule has 0 unspecified atom stereocenters.